The Kier molecular flexibility index (Phi) is 3.18. The van der Waals surface area contributed by atoms with E-state index in [0.29, 0.717) is 0 Å². The second kappa shape index (κ2) is 5.25. The molecule has 3 aliphatic carbocycles. The van der Waals surface area contributed by atoms with Crippen LogP contribution in [0, 0.1) is 11.8 Å². The summed E-state index contributed by atoms with van der Waals surface area (Å²) in [6, 6.07) is 15.6. The lowest BCUT2D eigenvalue weighted by molar-refractivity contribution is -0.163. The first kappa shape index (κ1) is 15.7. The van der Waals surface area contributed by atoms with E-state index < -0.39 is 35.5 Å². The van der Waals surface area contributed by atoms with E-state index in [1.54, 1.807) is 6.92 Å². The van der Waals surface area contributed by atoms with Crippen LogP contribution in [0.3, 0.4) is 0 Å². The SMILES string of the molecule is CC(CO)OC12c3ccccc3C(c3ccccc31)C1C(=O)OC(=O)C12. The lowest BCUT2D eigenvalue weighted by Crippen LogP contribution is -2.56. The molecule has 2 bridgehead atoms. The van der Waals surface area contributed by atoms with Gasteiger partial charge in [0.25, 0.3) is 0 Å². The van der Waals surface area contributed by atoms with Crippen LogP contribution >= 0.6 is 0 Å². The summed E-state index contributed by atoms with van der Waals surface area (Å²) in [6.07, 6.45) is -0.505. The standard InChI is InChI=1S/C21H18O5/c1-11(10-22)26-21-14-8-4-2-6-12(14)16(13-7-3-5-9-15(13)21)17-18(21)20(24)25-19(17)23/h2-9,11,16-18,22H,10H2,1H3. The average Bonchev–Trinajstić information content (AvgIpc) is 2.97. The largest absolute Gasteiger partial charge is 0.394 e. The van der Waals surface area contributed by atoms with Crippen LogP contribution in [-0.4, -0.2) is 29.8 Å². The molecule has 0 amide bonds. The minimum Gasteiger partial charge on any atom is -0.394 e. The molecule has 1 saturated heterocycles. The van der Waals surface area contributed by atoms with Crippen molar-refractivity contribution in [2.75, 3.05) is 6.61 Å². The number of esters is 2. The molecule has 4 aliphatic rings. The molecule has 1 heterocycles. The summed E-state index contributed by atoms with van der Waals surface area (Å²) in [5.41, 5.74) is 2.63. The van der Waals surface area contributed by atoms with Gasteiger partial charge in [-0.2, -0.15) is 0 Å². The smallest absolute Gasteiger partial charge is 0.321 e. The van der Waals surface area contributed by atoms with Gasteiger partial charge in [0.15, 0.2) is 0 Å². The zero-order valence-corrected chi connectivity index (χ0v) is 14.2. The van der Waals surface area contributed by atoms with E-state index in [2.05, 4.69) is 0 Å². The van der Waals surface area contributed by atoms with Crippen molar-refractivity contribution < 1.29 is 24.2 Å². The Bertz CT molecular complexity index is 886. The predicted molar refractivity (Wildman–Crippen MR) is 91.2 cm³/mol. The minimum absolute atomic E-state index is 0.185. The average molecular weight is 350 g/mol. The van der Waals surface area contributed by atoms with E-state index in [-0.39, 0.29) is 12.5 Å². The molecular weight excluding hydrogens is 332 g/mol. The highest BCUT2D eigenvalue weighted by Crippen LogP contribution is 2.64. The minimum atomic E-state index is -1.13. The van der Waals surface area contributed by atoms with Crippen molar-refractivity contribution in [2.24, 2.45) is 11.8 Å². The summed E-state index contributed by atoms with van der Waals surface area (Å²) >= 11 is 0. The Morgan fingerprint density at radius 3 is 2.19 bits per heavy atom. The summed E-state index contributed by atoms with van der Waals surface area (Å²) in [5.74, 6) is -2.59. The van der Waals surface area contributed by atoms with Crippen molar-refractivity contribution in [1.29, 1.82) is 0 Å². The first-order valence-corrected chi connectivity index (χ1v) is 8.82. The molecule has 5 heteroatoms. The normalized spacial score (nSPS) is 31.8. The molecule has 0 aromatic heterocycles. The van der Waals surface area contributed by atoms with Gasteiger partial charge in [-0.3, -0.25) is 9.59 Å². The van der Waals surface area contributed by atoms with Crippen molar-refractivity contribution >= 4 is 11.9 Å². The van der Waals surface area contributed by atoms with Crippen LogP contribution < -0.4 is 0 Å². The summed E-state index contributed by atoms with van der Waals surface area (Å²) in [4.78, 5) is 25.3. The number of carbonyl (C=O) groups is 2. The number of hydrogen-bond donors (Lipinski definition) is 1. The van der Waals surface area contributed by atoms with Gasteiger partial charge in [-0.15, -0.1) is 0 Å². The molecule has 5 nitrogen and oxygen atoms in total. The van der Waals surface area contributed by atoms with Crippen molar-refractivity contribution in [1.82, 2.24) is 0 Å². The fraction of sp³-hybridized carbons (Fsp3) is 0.333. The molecule has 0 saturated carbocycles. The highest BCUT2D eigenvalue weighted by molar-refractivity contribution is 6.00. The Hall–Kier alpha value is -2.50. The molecule has 2 aromatic rings. The quantitative estimate of drug-likeness (QED) is 0.678. The van der Waals surface area contributed by atoms with E-state index in [1.807, 2.05) is 48.5 Å². The van der Waals surface area contributed by atoms with Gasteiger partial charge >= 0.3 is 11.9 Å². The number of aliphatic hydroxyl groups is 1. The molecule has 26 heavy (non-hydrogen) atoms. The highest BCUT2D eigenvalue weighted by atomic mass is 16.6. The van der Waals surface area contributed by atoms with Crippen LogP contribution in [-0.2, 0) is 24.7 Å². The number of rotatable bonds is 3. The number of hydrogen-bond acceptors (Lipinski definition) is 5. The Morgan fingerprint density at radius 2 is 1.62 bits per heavy atom. The number of ether oxygens (including phenoxy) is 2. The van der Waals surface area contributed by atoms with Crippen LogP contribution in [0.15, 0.2) is 48.5 Å². The third kappa shape index (κ3) is 1.72. The Labute approximate surface area is 150 Å². The maximum absolute atomic E-state index is 12.7. The van der Waals surface area contributed by atoms with Crippen LogP contribution in [0.4, 0.5) is 0 Å². The van der Waals surface area contributed by atoms with Crippen LogP contribution in [0.1, 0.15) is 35.1 Å². The lowest BCUT2D eigenvalue weighted by Gasteiger charge is -2.53. The van der Waals surface area contributed by atoms with Gasteiger partial charge in [-0.25, -0.2) is 0 Å². The van der Waals surface area contributed by atoms with Crippen LogP contribution in [0.25, 0.3) is 0 Å². The van der Waals surface area contributed by atoms with E-state index in [0.717, 1.165) is 22.3 Å². The second-order valence-electron chi connectivity index (χ2n) is 7.24. The Balaban J connectivity index is 1.89. The topological polar surface area (TPSA) is 72.8 Å². The van der Waals surface area contributed by atoms with Crippen molar-refractivity contribution in [3.8, 4) is 0 Å². The van der Waals surface area contributed by atoms with Gasteiger partial charge in [0.1, 0.15) is 11.5 Å². The third-order valence-electron chi connectivity index (χ3n) is 5.92. The van der Waals surface area contributed by atoms with E-state index in [9.17, 15) is 14.7 Å². The monoisotopic (exact) mass is 350 g/mol. The van der Waals surface area contributed by atoms with E-state index >= 15 is 0 Å². The summed E-state index contributed by atoms with van der Waals surface area (Å²) < 4.78 is 11.5. The number of benzene rings is 2. The molecule has 1 fully saturated rings. The van der Waals surface area contributed by atoms with Crippen molar-refractivity contribution in [2.45, 2.75) is 24.5 Å². The van der Waals surface area contributed by atoms with Gasteiger partial charge in [-0.05, 0) is 29.2 Å². The number of aliphatic hydroxyl groups excluding tert-OH is 1. The van der Waals surface area contributed by atoms with Crippen molar-refractivity contribution in [3.63, 3.8) is 0 Å². The maximum Gasteiger partial charge on any atom is 0.321 e. The van der Waals surface area contributed by atoms with Crippen molar-refractivity contribution in [3.05, 3.63) is 70.8 Å². The van der Waals surface area contributed by atoms with Gasteiger partial charge < -0.3 is 14.6 Å². The van der Waals surface area contributed by atoms with Gasteiger partial charge in [0, 0.05) is 5.92 Å². The number of carbonyl (C=O) groups excluding carboxylic acids is 2. The molecule has 1 N–H and O–H groups in total. The Morgan fingerprint density at radius 1 is 1.04 bits per heavy atom. The van der Waals surface area contributed by atoms with Gasteiger partial charge in [0.2, 0.25) is 0 Å². The summed E-state index contributed by atoms with van der Waals surface area (Å²) in [6.45, 7) is 1.58. The van der Waals surface area contributed by atoms with Gasteiger partial charge in [-0.1, -0.05) is 48.5 Å². The maximum atomic E-state index is 12.7. The van der Waals surface area contributed by atoms with Gasteiger partial charge in [0.05, 0.1) is 18.6 Å². The molecule has 1 aliphatic heterocycles. The fourth-order valence-electron chi connectivity index (χ4n) is 5.06. The zero-order chi connectivity index (χ0) is 18.1. The van der Waals surface area contributed by atoms with Crippen LogP contribution in [0.2, 0.25) is 0 Å². The summed E-state index contributed by atoms with van der Waals surface area (Å²) in [7, 11) is 0. The highest BCUT2D eigenvalue weighted by Gasteiger charge is 2.68. The lowest BCUT2D eigenvalue weighted by atomic mass is 9.52. The molecule has 132 valence electrons. The molecular formula is C21H18O5. The van der Waals surface area contributed by atoms with E-state index in [4.69, 9.17) is 9.47 Å². The molecule has 0 spiro atoms. The second-order valence-corrected chi connectivity index (χ2v) is 7.24. The predicted octanol–water partition coefficient (Wildman–Crippen LogP) is 2.10. The first-order valence-electron chi connectivity index (χ1n) is 8.82. The first-order chi connectivity index (χ1) is 12.6. The molecule has 3 unspecified atom stereocenters. The molecule has 2 aromatic carbocycles. The van der Waals surface area contributed by atoms with E-state index in [1.165, 1.54) is 0 Å². The molecule has 3 atom stereocenters. The molecule has 6 rings (SSSR count). The zero-order valence-electron chi connectivity index (χ0n) is 14.2. The summed E-state index contributed by atoms with van der Waals surface area (Å²) in [5, 5.41) is 9.63. The van der Waals surface area contributed by atoms with Crippen LogP contribution in [0.5, 0.6) is 0 Å². The molecule has 0 radical (unpaired) electrons. The fourth-order valence-corrected chi connectivity index (χ4v) is 5.06. The third-order valence-corrected chi connectivity index (χ3v) is 5.92. The number of cyclic esters (lactones) is 2.